The van der Waals surface area contributed by atoms with Gasteiger partial charge in [-0.25, -0.2) is 0 Å². The van der Waals surface area contributed by atoms with E-state index >= 15 is 0 Å². The first-order valence-electron chi connectivity index (χ1n) is 8.67. The topological polar surface area (TPSA) is 74.6 Å². The Morgan fingerprint density at radius 2 is 1.55 bits per heavy atom. The van der Waals surface area contributed by atoms with Crippen molar-refractivity contribution in [1.29, 1.82) is 0 Å². The van der Waals surface area contributed by atoms with Crippen molar-refractivity contribution in [3.63, 3.8) is 0 Å². The summed E-state index contributed by atoms with van der Waals surface area (Å²) in [5, 5.41) is 19.9. The van der Waals surface area contributed by atoms with Crippen LogP contribution in [0.5, 0.6) is 0 Å². The molecule has 0 amide bonds. The van der Waals surface area contributed by atoms with Gasteiger partial charge in [0.15, 0.2) is 0 Å². The van der Waals surface area contributed by atoms with Crippen LogP contribution in [0, 0.1) is 22.7 Å². The highest BCUT2D eigenvalue weighted by Crippen LogP contribution is 2.58. The maximum Gasteiger partial charge on any atom is 0.311 e. The highest BCUT2D eigenvalue weighted by atomic mass is 16.4. The van der Waals surface area contributed by atoms with Crippen molar-refractivity contribution in [1.82, 2.24) is 0 Å². The van der Waals surface area contributed by atoms with Crippen molar-refractivity contribution in [2.75, 3.05) is 0 Å². The lowest BCUT2D eigenvalue weighted by Gasteiger charge is -2.51. The number of unbranched alkanes of at least 4 members (excludes halogenated alkanes) is 1. The van der Waals surface area contributed by atoms with Gasteiger partial charge in [-0.05, 0) is 31.1 Å². The smallest absolute Gasteiger partial charge is 0.311 e. The Hall–Kier alpha value is -1.06. The second kappa shape index (κ2) is 7.47. The van der Waals surface area contributed by atoms with Crippen molar-refractivity contribution < 1.29 is 19.8 Å². The number of carboxylic acids is 2. The quantitative estimate of drug-likeness (QED) is 0.644. The molecule has 0 saturated heterocycles. The summed E-state index contributed by atoms with van der Waals surface area (Å²) in [5.41, 5.74) is -2.24. The van der Waals surface area contributed by atoms with E-state index in [0.717, 1.165) is 32.1 Å². The first-order valence-corrected chi connectivity index (χ1v) is 8.67. The fourth-order valence-electron chi connectivity index (χ4n) is 4.42. The van der Waals surface area contributed by atoms with E-state index in [1.54, 1.807) is 0 Å². The molecule has 0 aliphatic heterocycles. The Bertz CT molecular complexity index is 402. The van der Waals surface area contributed by atoms with Crippen LogP contribution in [0.25, 0.3) is 0 Å². The lowest BCUT2D eigenvalue weighted by atomic mass is 9.50. The Morgan fingerprint density at radius 1 is 0.955 bits per heavy atom. The third-order valence-corrected chi connectivity index (χ3v) is 5.69. The van der Waals surface area contributed by atoms with Crippen LogP contribution < -0.4 is 0 Å². The average Bonchev–Trinajstić information content (AvgIpc) is 2.42. The van der Waals surface area contributed by atoms with Gasteiger partial charge >= 0.3 is 11.9 Å². The summed E-state index contributed by atoms with van der Waals surface area (Å²) in [5.74, 6) is -1.41. The Labute approximate surface area is 134 Å². The second-order valence-electron chi connectivity index (χ2n) is 7.67. The summed E-state index contributed by atoms with van der Waals surface area (Å²) >= 11 is 0. The minimum absolute atomic E-state index is 0.175. The SMILES string of the molecule is CC(C)CCCCC1(C(=O)O)CCCCC1(C(=O)O)C(C)C. The molecule has 0 radical (unpaired) electrons. The largest absolute Gasteiger partial charge is 0.481 e. The zero-order valence-corrected chi connectivity index (χ0v) is 14.5. The molecule has 128 valence electrons. The number of carboxylic acid groups (broad SMARTS) is 2. The number of rotatable bonds is 8. The number of aliphatic carboxylic acids is 2. The molecule has 0 spiro atoms. The standard InChI is InChI=1S/C18H32O4/c1-13(2)9-5-6-10-17(15(19)20)11-7-8-12-18(17,14(3)4)16(21)22/h13-14H,5-12H2,1-4H3,(H,19,20)(H,21,22). The highest BCUT2D eigenvalue weighted by molar-refractivity contribution is 5.87. The van der Waals surface area contributed by atoms with Gasteiger partial charge in [0, 0.05) is 0 Å². The summed E-state index contributed by atoms with van der Waals surface area (Å²) in [6, 6.07) is 0. The van der Waals surface area contributed by atoms with E-state index in [1.165, 1.54) is 0 Å². The monoisotopic (exact) mass is 312 g/mol. The number of hydrogen-bond acceptors (Lipinski definition) is 2. The highest BCUT2D eigenvalue weighted by Gasteiger charge is 2.63. The number of hydrogen-bond donors (Lipinski definition) is 2. The van der Waals surface area contributed by atoms with E-state index in [-0.39, 0.29) is 5.92 Å². The Balaban J connectivity index is 3.10. The Kier molecular flexibility index (Phi) is 6.45. The van der Waals surface area contributed by atoms with E-state index in [4.69, 9.17) is 0 Å². The minimum atomic E-state index is -1.13. The van der Waals surface area contributed by atoms with E-state index < -0.39 is 22.8 Å². The van der Waals surface area contributed by atoms with Crippen LogP contribution in [0.3, 0.4) is 0 Å². The van der Waals surface area contributed by atoms with Gasteiger partial charge in [-0.2, -0.15) is 0 Å². The maximum atomic E-state index is 12.2. The van der Waals surface area contributed by atoms with Gasteiger partial charge in [0.25, 0.3) is 0 Å². The van der Waals surface area contributed by atoms with Crippen molar-refractivity contribution in [3.8, 4) is 0 Å². The average molecular weight is 312 g/mol. The molecule has 1 rings (SSSR count). The molecule has 1 aliphatic carbocycles. The van der Waals surface area contributed by atoms with Crippen LogP contribution in [0.1, 0.15) is 79.1 Å². The van der Waals surface area contributed by atoms with Crippen molar-refractivity contribution in [2.45, 2.75) is 79.1 Å². The summed E-state index contributed by atoms with van der Waals surface area (Å²) in [7, 11) is 0. The molecule has 0 aromatic rings. The van der Waals surface area contributed by atoms with E-state index in [1.807, 2.05) is 13.8 Å². The van der Waals surface area contributed by atoms with E-state index in [9.17, 15) is 19.8 Å². The summed E-state index contributed by atoms with van der Waals surface area (Å²) in [6.45, 7) is 8.04. The van der Waals surface area contributed by atoms with Gasteiger partial charge in [-0.3, -0.25) is 9.59 Å². The molecule has 1 aliphatic rings. The molecule has 2 unspecified atom stereocenters. The van der Waals surface area contributed by atoms with Crippen LogP contribution in [0.15, 0.2) is 0 Å². The molecule has 0 heterocycles. The van der Waals surface area contributed by atoms with Crippen molar-refractivity contribution >= 4 is 11.9 Å². The molecule has 1 saturated carbocycles. The van der Waals surface area contributed by atoms with Gasteiger partial charge in [-0.1, -0.05) is 59.8 Å². The summed E-state index contributed by atoms with van der Waals surface area (Å²) in [4.78, 5) is 24.3. The third-order valence-electron chi connectivity index (χ3n) is 5.69. The van der Waals surface area contributed by atoms with E-state index in [0.29, 0.717) is 25.2 Å². The summed E-state index contributed by atoms with van der Waals surface area (Å²) < 4.78 is 0. The Morgan fingerprint density at radius 3 is 2.00 bits per heavy atom. The number of carbonyl (C=O) groups is 2. The van der Waals surface area contributed by atoms with Gasteiger partial charge < -0.3 is 10.2 Å². The fraction of sp³-hybridized carbons (Fsp3) is 0.889. The van der Waals surface area contributed by atoms with Crippen LogP contribution >= 0.6 is 0 Å². The minimum Gasteiger partial charge on any atom is -0.481 e. The molecule has 1 fully saturated rings. The zero-order valence-electron chi connectivity index (χ0n) is 14.5. The molecule has 2 N–H and O–H groups in total. The fourth-order valence-corrected chi connectivity index (χ4v) is 4.42. The van der Waals surface area contributed by atoms with Crippen molar-refractivity contribution in [3.05, 3.63) is 0 Å². The molecule has 4 nitrogen and oxygen atoms in total. The molecule has 4 heteroatoms. The van der Waals surface area contributed by atoms with Gasteiger partial charge in [0.2, 0.25) is 0 Å². The van der Waals surface area contributed by atoms with Gasteiger partial charge in [0.1, 0.15) is 0 Å². The summed E-state index contributed by atoms with van der Waals surface area (Å²) in [6.07, 6.45) is 5.93. The van der Waals surface area contributed by atoms with Crippen LogP contribution in [0.4, 0.5) is 0 Å². The molecule has 0 bridgehead atoms. The first-order chi connectivity index (χ1) is 10.2. The van der Waals surface area contributed by atoms with Crippen molar-refractivity contribution in [2.24, 2.45) is 22.7 Å². The molecule has 0 aromatic heterocycles. The molecule has 0 aromatic carbocycles. The first kappa shape index (κ1) is 19.0. The maximum absolute atomic E-state index is 12.2. The zero-order chi connectivity index (χ0) is 17.0. The van der Waals surface area contributed by atoms with Gasteiger partial charge in [-0.15, -0.1) is 0 Å². The predicted molar refractivity (Wildman–Crippen MR) is 86.7 cm³/mol. The van der Waals surface area contributed by atoms with Gasteiger partial charge in [0.05, 0.1) is 10.8 Å². The third kappa shape index (κ3) is 3.31. The predicted octanol–water partition coefficient (Wildman–Crippen LogP) is 4.57. The van der Waals surface area contributed by atoms with Crippen LogP contribution in [-0.2, 0) is 9.59 Å². The molecule has 2 atom stereocenters. The van der Waals surface area contributed by atoms with E-state index in [2.05, 4.69) is 13.8 Å². The molecule has 22 heavy (non-hydrogen) atoms. The molecular formula is C18H32O4. The van der Waals surface area contributed by atoms with Crippen LogP contribution in [-0.4, -0.2) is 22.2 Å². The van der Waals surface area contributed by atoms with Crippen LogP contribution in [0.2, 0.25) is 0 Å². The lowest BCUT2D eigenvalue weighted by Crippen LogP contribution is -2.57. The lowest BCUT2D eigenvalue weighted by molar-refractivity contribution is -0.187. The normalized spacial score (nSPS) is 29.0. The molecular weight excluding hydrogens is 280 g/mol. The second-order valence-corrected chi connectivity index (χ2v) is 7.67.